The number of hydrogen-bond donors (Lipinski definition) is 1. The molecule has 1 atom stereocenters. The molecule has 1 aliphatic carbocycles. The zero-order chi connectivity index (χ0) is 15.1. The van der Waals surface area contributed by atoms with Crippen LogP contribution in [0.2, 0.25) is 0 Å². The Morgan fingerprint density at radius 2 is 1.90 bits per heavy atom. The highest BCUT2D eigenvalue weighted by molar-refractivity contribution is 5.76. The standard InChI is InChI=1S/C18H34N2O/c1-3-5-6-15(4-2)13-18(21)20-11-9-17(10-12-20)19-14-16-7-8-16/h15-17,19H,3-14H2,1-2H3. The molecule has 1 saturated carbocycles. The second-order valence-electron chi connectivity index (χ2n) is 7.13. The maximum absolute atomic E-state index is 12.4. The van der Waals surface area contributed by atoms with Crippen LogP contribution < -0.4 is 5.32 Å². The van der Waals surface area contributed by atoms with Crippen molar-refractivity contribution >= 4 is 5.91 Å². The number of hydrogen-bond acceptors (Lipinski definition) is 2. The lowest BCUT2D eigenvalue weighted by Crippen LogP contribution is -2.45. The van der Waals surface area contributed by atoms with Crippen LogP contribution in [0, 0.1) is 11.8 Å². The predicted molar refractivity (Wildman–Crippen MR) is 88.3 cm³/mol. The molecule has 2 rings (SSSR count). The average Bonchev–Trinajstić information content (AvgIpc) is 3.34. The summed E-state index contributed by atoms with van der Waals surface area (Å²) in [7, 11) is 0. The predicted octanol–water partition coefficient (Wildman–Crippen LogP) is 3.58. The number of carbonyl (C=O) groups excluding carboxylic acids is 1. The Bertz CT molecular complexity index is 306. The van der Waals surface area contributed by atoms with Crippen LogP contribution in [0.25, 0.3) is 0 Å². The van der Waals surface area contributed by atoms with Crippen LogP contribution >= 0.6 is 0 Å². The van der Waals surface area contributed by atoms with Crippen molar-refractivity contribution in [2.45, 2.75) is 77.7 Å². The molecular weight excluding hydrogens is 260 g/mol. The first-order chi connectivity index (χ1) is 10.2. The van der Waals surface area contributed by atoms with Gasteiger partial charge in [0, 0.05) is 25.6 Å². The SMILES string of the molecule is CCCCC(CC)CC(=O)N1CCC(NCC2CC2)CC1. The highest BCUT2D eigenvalue weighted by atomic mass is 16.2. The van der Waals surface area contributed by atoms with Gasteiger partial charge in [0.25, 0.3) is 0 Å². The van der Waals surface area contributed by atoms with E-state index >= 15 is 0 Å². The molecule has 0 spiro atoms. The van der Waals surface area contributed by atoms with Crippen molar-refractivity contribution < 1.29 is 4.79 Å². The largest absolute Gasteiger partial charge is 0.343 e. The van der Waals surface area contributed by atoms with Crippen molar-refractivity contribution in [2.24, 2.45) is 11.8 Å². The Morgan fingerprint density at radius 1 is 1.19 bits per heavy atom. The number of rotatable bonds is 9. The lowest BCUT2D eigenvalue weighted by molar-refractivity contribution is -0.133. The number of nitrogens with zero attached hydrogens (tertiary/aromatic N) is 1. The van der Waals surface area contributed by atoms with Crippen LogP contribution in [0.3, 0.4) is 0 Å². The summed E-state index contributed by atoms with van der Waals surface area (Å²) in [4.78, 5) is 14.5. The van der Waals surface area contributed by atoms with Gasteiger partial charge in [-0.2, -0.15) is 0 Å². The molecule has 1 heterocycles. The third kappa shape index (κ3) is 5.98. The average molecular weight is 294 g/mol. The molecule has 1 saturated heterocycles. The molecular formula is C18H34N2O. The Morgan fingerprint density at radius 3 is 2.48 bits per heavy atom. The fraction of sp³-hybridized carbons (Fsp3) is 0.944. The van der Waals surface area contributed by atoms with E-state index in [1.54, 1.807) is 0 Å². The van der Waals surface area contributed by atoms with Crippen molar-refractivity contribution in [2.75, 3.05) is 19.6 Å². The van der Waals surface area contributed by atoms with Crippen LogP contribution in [-0.4, -0.2) is 36.5 Å². The second kappa shape index (κ2) is 8.77. The van der Waals surface area contributed by atoms with Crippen molar-refractivity contribution in [3.05, 3.63) is 0 Å². The quantitative estimate of drug-likeness (QED) is 0.705. The van der Waals surface area contributed by atoms with Gasteiger partial charge >= 0.3 is 0 Å². The van der Waals surface area contributed by atoms with Gasteiger partial charge in [-0.15, -0.1) is 0 Å². The highest BCUT2D eigenvalue weighted by Crippen LogP contribution is 2.28. The molecule has 1 N–H and O–H groups in total. The minimum absolute atomic E-state index is 0.401. The number of unbranched alkanes of at least 4 members (excludes halogenated alkanes) is 1. The molecule has 0 aromatic heterocycles. The zero-order valence-corrected chi connectivity index (χ0v) is 14.1. The van der Waals surface area contributed by atoms with Gasteiger partial charge in [0.15, 0.2) is 0 Å². The minimum atomic E-state index is 0.401. The molecule has 0 bridgehead atoms. The van der Waals surface area contributed by atoms with E-state index in [-0.39, 0.29) is 0 Å². The Balaban J connectivity index is 1.64. The van der Waals surface area contributed by atoms with Gasteiger partial charge in [-0.1, -0.05) is 33.1 Å². The molecule has 2 fully saturated rings. The maximum atomic E-state index is 12.4. The van der Waals surface area contributed by atoms with Crippen molar-refractivity contribution in [3.63, 3.8) is 0 Å². The molecule has 2 aliphatic rings. The zero-order valence-electron chi connectivity index (χ0n) is 14.1. The number of carbonyl (C=O) groups is 1. The van der Waals surface area contributed by atoms with Crippen molar-refractivity contribution in [1.82, 2.24) is 10.2 Å². The normalized spacial score (nSPS) is 21.5. The summed E-state index contributed by atoms with van der Waals surface area (Å²) in [5, 5.41) is 3.68. The second-order valence-corrected chi connectivity index (χ2v) is 7.13. The third-order valence-corrected chi connectivity index (χ3v) is 5.25. The summed E-state index contributed by atoms with van der Waals surface area (Å²) in [6, 6.07) is 0.650. The third-order valence-electron chi connectivity index (χ3n) is 5.25. The van der Waals surface area contributed by atoms with Gasteiger partial charge in [-0.3, -0.25) is 4.79 Å². The molecule has 1 amide bonds. The van der Waals surface area contributed by atoms with Crippen LogP contribution in [0.1, 0.15) is 71.6 Å². The lowest BCUT2D eigenvalue weighted by Gasteiger charge is -2.33. The molecule has 0 aromatic carbocycles. The fourth-order valence-corrected chi connectivity index (χ4v) is 3.31. The van der Waals surface area contributed by atoms with Gasteiger partial charge < -0.3 is 10.2 Å². The van der Waals surface area contributed by atoms with E-state index in [9.17, 15) is 4.79 Å². The van der Waals surface area contributed by atoms with E-state index in [0.717, 1.165) is 44.7 Å². The highest BCUT2D eigenvalue weighted by Gasteiger charge is 2.26. The molecule has 3 nitrogen and oxygen atoms in total. The Kier molecular flexibility index (Phi) is 7.01. The molecule has 0 aromatic rings. The molecule has 3 heteroatoms. The van der Waals surface area contributed by atoms with E-state index < -0.39 is 0 Å². The summed E-state index contributed by atoms with van der Waals surface area (Å²) >= 11 is 0. The maximum Gasteiger partial charge on any atom is 0.222 e. The van der Waals surface area contributed by atoms with Gasteiger partial charge in [0.2, 0.25) is 5.91 Å². The first-order valence-corrected chi connectivity index (χ1v) is 9.24. The van der Waals surface area contributed by atoms with Crippen LogP contribution in [0.4, 0.5) is 0 Å². The van der Waals surface area contributed by atoms with E-state index in [2.05, 4.69) is 24.1 Å². The van der Waals surface area contributed by atoms with Gasteiger partial charge in [-0.25, -0.2) is 0 Å². The minimum Gasteiger partial charge on any atom is -0.343 e. The topological polar surface area (TPSA) is 32.3 Å². The van der Waals surface area contributed by atoms with Gasteiger partial charge in [0.05, 0.1) is 0 Å². The molecule has 122 valence electrons. The summed E-state index contributed by atoms with van der Waals surface area (Å²) in [6.45, 7) is 7.58. The lowest BCUT2D eigenvalue weighted by atomic mass is 9.94. The summed E-state index contributed by atoms with van der Waals surface area (Å²) < 4.78 is 0. The summed E-state index contributed by atoms with van der Waals surface area (Å²) in [5.74, 6) is 1.95. The first kappa shape index (κ1) is 16.8. The fourth-order valence-electron chi connectivity index (χ4n) is 3.31. The van der Waals surface area contributed by atoms with Crippen LogP contribution in [-0.2, 0) is 4.79 Å². The number of piperidine rings is 1. The number of amides is 1. The van der Waals surface area contributed by atoms with E-state index in [0.29, 0.717) is 17.9 Å². The van der Waals surface area contributed by atoms with Crippen molar-refractivity contribution in [3.8, 4) is 0 Å². The summed E-state index contributed by atoms with van der Waals surface area (Å²) in [6.07, 6.45) is 10.8. The number of nitrogens with one attached hydrogen (secondary N) is 1. The van der Waals surface area contributed by atoms with E-state index in [1.165, 1.54) is 38.6 Å². The van der Waals surface area contributed by atoms with Gasteiger partial charge in [-0.05, 0) is 50.5 Å². The van der Waals surface area contributed by atoms with Gasteiger partial charge in [0.1, 0.15) is 0 Å². The Hall–Kier alpha value is -0.570. The molecule has 1 aliphatic heterocycles. The Labute approximate surface area is 130 Å². The summed E-state index contributed by atoms with van der Waals surface area (Å²) in [5.41, 5.74) is 0. The molecule has 21 heavy (non-hydrogen) atoms. The first-order valence-electron chi connectivity index (χ1n) is 9.24. The smallest absolute Gasteiger partial charge is 0.222 e. The molecule has 1 unspecified atom stereocenters. The monoisotopic (exact) mass is 294 g/mol. The van der Waals surface area contributed by atoms with E-state index in [1.807, 2.05) is 0 Å². The van der Waals surface area contributed by atoms with Crippen molar-refractivity contribution in [1.29, 1.82) is 0 Å². The van der Waals surface area contributed by atoms with E-state index in [4.69, 9.17) is 0 Å². The van der Waals surface area contributed by atoms with Crippen LogP contribution in [0.15, 0.2) is 0 Å². The molecule has 0 radical (unpaired) electrons. The number of likely N-dealkylation sites (tertiary alicyclic amines) is 1. The van der Waals surface area contributed by atoms with Crippen LogP contribution in [0.5, 0.6) is 0 Å².